The summed E-state index contributed by atoms with van der Waals surface area (Å²) in [6, 6.07) is 7.91. The van der Waals surface area contributed by atoms with E-state index in [4.69, 9.17) is 9.26 Å². The maximum Gasteiger partial charge on any atom is 0.177 e. The van der Waals surface area contributed by atoms with Crippen LogP contribution < -0.4 is 5.32 Å². The lowest BCUT2D eigenvalue weighted by atomic mass is 10.00. The molecule has 1 saturated heterocycles. The maximum atomic E-state index is 5.69. The Morgan fingerprint density at radius 1 is 1.39 bits per heavy atom. The highest BCUT2D eigenvalue weighted by atomic mass is 16.5. The fraction of sp³-hybridized carbons (Fsp3) is 0.500. The fourth-order valence-corrected chi connectivity index (χ4v) is 2.62. The van der Waals surface area contributed by atoms with Gasteiger partial charge in [0, 0.05) is 19.1 Å². The molecule has 1 N–H and O–H groups in total. The van der Waals surface area contributed by atoms with E-state index < -0.39 is 0 Å². The molecule has 4 nitrogen and oxygen atoms in total. The summed E-state index contributed by atoms with van der Waals surface area (Å²) in [5.74, 6) is 1.41. The molecule has 1 aromatic carbocycles. The number of fused-ring (bicyclic) bond motifs is 1. The number of hydrogen-bond donors (Lipinski definition) is 1. The number of nitrogens with zero attached hydrogens (tertiary/aromatic N) is 1. The zero-order valence-electron chi connectivity index (χ0n) is 10.6. The molecule has 1 aliphatic heterocycles. The molecule has 1 fully saturated rings. The van der Waals surface area contributed by atoms with Gasteiger partial charge in [0.1, 0.15) is 0 Å². The van der Waals surface area contributed by atoms with Crippen LogP contribution in [-0.4, -0.2) is 24.4 Å². The summed E-state index contributed by atoms with van der Waals surface area (Å²) in [6.45, 7) is 3.95. The summed E-state index contributed by atoms with van der Waals surface area (Å²) in [5.41, 5.74) is 0.828. The van der Waals surface area contributed by atoms with Gasteiger partial charge in [0.25, 0.3) is 0 Å². The number of ether oxygens (including phenoxy) is 1. The molecule has 0 aliphatic carbocycles. The number of nitrogens with one attached hydrogen (secondary N) is 1. The lowest BCUT2D eigenvalue weighted by Gasteiger charge is -2.16. The lowest BCUT2D eigenvalue weighted by Crippen LogP contribution is -2.22. The molecule has 2 aromatic rings. The second kappa shape index (κ2) is 4.98. The van der Waals surface area contributed by atoms with Crippen molar-refractivity contribution in [1.82, 2.24) is 5.16 Å². The van der Waals surface area contributed by atoms with Crippen molar-refractivity contribution in [1.29, 1.82) is 0 Å². The Morgan fingerprint density at radius 2 is 2.28 bits per heavy atom. The Hall–Kier alpha value is -1.55. The molecular weight excluding hydrogens is 228 g/mol. The van der Waals surface area contributed by atoms with Gasteiger partial charge in [-0.05, 0) is 25.0 Å². The van der Waals surface area contributed by atoms with Crippen LogP contribution in [0, 0.1) is 5.92 Å². The minimum absolute atomic E-state index is 0.385. The molecule has 2 heterocycles. The Balaban J connectivity index is 1.69. The van der Waals surface area contributed by atoms with Crippen LogP contribution in [0.4, 0.5) is 5.82 Å². The smallest absolute Gasteiger partial charge is 0.177 e. The van der Waals surface area contributed by atoms with Crippen LogP contribution in [0.1, 0.15) is 19.8 Å². The zero-order chi connectivity index (χ0) is 12.4. The van der Waals surface area contributed by atoms with Crippen LogP contribution >= 0.6 is 0 Å². The molecule has 0 amide bonds. The predicted octanol–water partition coefficient (Wildman–Crippen LogP) is 3.05. The first-order valence-electron chi connectivity index (χ1n) is 6.58. The number of aromatic nitrogens is 1. The Morgan fingerprint density at radius 3 is 3.17 bits per heavy atom. The Bertz CT molecular complexity index is 523. The third-order valence-corrected chi connectivity index (χ3v) is 3.66. The van der Waals surface area contributed by atoms with Crippen molar-refractivity contribution in [2.24, 2.45) is 5.92 Å². The molecule has 1 aromatic heterocycles. The van der Waals surface area contributed by atoms with Crippen molar-refractivity contribution in [3.05, 3.63) is 24.3 Å². The number of benzene rings is 1. The molecule has 3 rings (SSSR count). The van der Waals surface area contributed by atoms with E-state index >= 15 is 0 Å². The van der Waals surface area contributed by atoms with Crippen LogP contribution in [0.2, 0.25) is 0 Å². The molecule has 0 bridgehead atoms. The molecule has 4 heteroatoms. The molecule has 2 atom stereocenters. The minimum atomic E-state index is 0.385. The number of hydrogen-bond acceptors (Lipinski definition) is 4. The van der Waals surface area contributed by atoms with E-state index in [1.165, 1.54) is 0 Å². The van der Waals surface area contributed by atoms with Gasteiger partial charge < -0.3 is 14.6 Å². The molecule has 0 saturated carbocycles. The van der Waals surface area contributed by atoms with E-state index in [1.807, 2.05) is 24.3 Å². The first-order chi connectivity index (χ1) is 8.88. The topological polar surface area (TPSA) is 47.3 Å². The number of anilines is 1. The van der Waals surface area contributed by atoms with Gasteiger partial charge in [0.2, 0.25) is 0 Å². The van der Waals surface area contributed by atoms with Gasteiger partial charge in [-0.1, -0.05) is 24.2 Å². The summed E-state index contributed by atoms with van der Waals surface area (Å²) in [6.07, 6.45) is 2.59. The van der Waals surface area contributed by atoms with E-state index in [-0.39, 0.29) is 0 Å². The summed E-state index contributed by atoms with van der Waals surface area (Å²) in [4.78, 5) is 0. The van der Waals surface area contributed by atoms with Crippen molar-refractivity contribution in [2.45, 2.75) is 25.9 Å². The Kier molecular flexibility index (Phi) is 3.19. The highest BCUT2D eigenvalue weighted by molar-refractivity contribution is 5.87. The standard InChI is InChI=1S/C14H18N2O2/c1-2-12-10(7-8-17-12)9-15-14-11-5-3-4-6-13(11)18-16-14/h3-6,10,12H,2,7-9H2,1H3,(H,15,16). The third kappa shape index (κ3) is 2.08. The van der Waals surface area contributed by atoms with E-state index in [9.17, 15) is 0 Å². The Labute approximate surface area is 106 Å². The fourth-order valence-electron chi connectivity index (χ4n) is 2.62. The highest BCUT2D eigenvalue weighted by Gasteiger charge is 2.26. The minimum Gasteiger partial charge on any atom is -0.378 e. The van der Waals surface area contributed by atoms with Crippen LogP contribution in [0.25, 0.3) is 11.0 Å². The van der Waals surface area contributed by atoms with Crippen molar-refractivity contribution in [2.75, 3.05) is 18.5 Å². The monoisotopic (exact) mass is 246 g/mol. The van der Waals surface area contributed by atoms with Gasteiger partial charge in [0.05, 0.1) is 11.5 Å². The quantitative estimate of drug-likeness (QED) is 0.900. The van der Waals surface area contributed by atoms with E-state index in [2.05, 4.69) is 17.4 Å². The molecule has 0 radical (unpaired) electrons. The molecule has 2 unspecified atom stereocenters. The van der Waals surface area contributed by atoms with E-state index in [1.54, 1.807) is 0 Å². The lowest BCUT2D eigenvalue weighted by molar-refractivity contribution is 0.0900. The normalized spacial score (nSPS) is 23.6. The van der Waals surface area contributed by atoms with Crippen LogP contribution in [-0.2, 0) is 4.74 Å². The number of rotatable bonds is 4. The van der Waals surface area contributed by atoms with Crippen molar-refractivity contribution >= 4 is 16.8 Å². The SMILES string of the molecule is CCC1OCCC1CNc1noc2ccccc12. The van der Waals surface area contributed by atoms with E-state index in [0.717, 1.165) is 42.8 Å². The molecule has 0 spiro atoms. The summed E-state index contributed by atoms with van der Waals surface area (Å²) in [7, 11) is 0. The zero-order valence-corrected chi connectivity index (χ0v) is 10.6. The van der Waals surface area contributed by atoms with Gasteiger partial charge in [-0.25, -0.2) is 0 Å². The molecule has 96 valence electrons. The molecular formula is C14H18N2O2. The van der Waals surface area contributed by atoms with Gasteiger partial charge in [-0.15, -0.1) is 0 Å². The van der Waals surface area contributed by atoms with Crippen molar-refractivity contribution < 1.29 is 9.26 Å². The predicted molar refractivity (Wildman–Crippen MR) is 70.6 cm³/mol. The molecule has 18 heavy (non-hydrogen) atoms. The van der Waals surface area contributed by atoms with Gasteiger partial charge in [0.15, 0.2) is 11.4 Å². The summed E-state index contributed by atoms with van der Waals surface area (Å²) < 4.78 is 11.0. The highest BCUT2D eigenvalue weighted by Crippen LogP contribution is 2.26. The summed E-state index contributed by atoms with van der Waals surface area (Å²) >= 11 is 0. The van der Waals surface area contributed by atoms with Gasteiger partial charge in [-0.2, -0.15) is 0 Å². The van der Waals surface area contributed by atoms with Crippen molar-refractivity contribution in [3.63, 3.8) is 0 Å². The van der Waals surface area contributed by atoms with Crippen LogP contribution in [0.3, 0.4) is 0 Å². The average Bonchev–Trinajstić information content (AvgIpc) is 3.02. The molecule has 1 aliphatic rings. The first kappa shape index (κ1) is 11.5. The second-order valence-electron chi connectivity index (χ2n) is 4.77. The van der Waals surface area contributed by atoms with Crippen molar-refractivity contribution in [3.8, 4) is 0 Å². The largest absolute Gasteiger partial charge is 0.378 e. The first-order valence-corrected chi connectivity index (χ1v) is 6.58. The van der Waals surface area contributed by atoms with E-state index in [0.29, 0.717) is 12.0 Å². The van der Waals surface area contributed by atoms with Gasteiger partial charge in [-0.3, -0.25) is 0 Å². The van der Waals surface area contributed by atoms with Crippen LogP contribution in [0.15, 0.2) is 28.8 Å². The van der Waals surface area contributed by atoms with Gasteiger partial charge >= 0.3 is 0 Å². The second-order valence-corrected chi connectivity index (χ2v) is 4.77. The maximum absolute atomic E-state index is 5.69. The van der Waals surface area contributed by atoms with Crippen LogP contribution in [0.5, 0.6) is 0 Å². The summed E-state index contributed by atoms with van der Waals surface area (Å²) in [5, 5.41) is 8.52. The average molecular weight is 246 g/mol. The third-order valence-electron chi connectivity index (χ3n) is 3.66. The number of para-hydroxylation sites is 1.